The third-order valence-electron chi connectivity index (χ3n) is 11.7. The van der Waals surface area contributed by atoms with Gasteiger partial charge in [0.15, 0.2) is 6.29 Å². The zero-order valence-corrected chi connectivity index (χ0v) is 22.8. The van der Waals surface area contributed by atoms with E-state index in [0.717, 1.165) is 18.4 Å². The number of carbonyl (C=O) groups is 1. The topological polar surface area (TPSA) is 135 Å². The number of esters is 1. The van der Waals surface area contributed by atoms with Gasteiger partial charge in [-0.1, -0.05) is 6.92 Å². The van der Waals surface area contributed by atoms with E-state index in [4.69, 9.17) is 18.9 Å². The Balaban J connectivity index is 1.20. The van der Waals surface area contributed by atoms with E-state index in [1.54, 1.807) is 6.08 Å². The summed E-state index contributed by atoms with van der Waals surface area (Å²) < 4.78 is 22.9. The average Bonchev–Trinajstić information content (AvgIpc) is 3.39. The molecule has 12 unspecified atom stereocenters. The Morgan fingerprint density at radius 2 is 1.71 bits per heavy atom. The summed E-state index contributed by atoms with van der Waals surface area (Å²) in [7, 11) is 1.53. The summed E-state index contributed by atoms with van der Waals surface area (Å²) >= 11 is 0. The Morgan fingerprint density at radius 1 is 1.00 bits per heavy atom. The van der Waals surface area contributed by atoms with Gasteiger partial charge in [0.05, 0.1) is 35.1 Å². The molecule has 2 heterocycles. The summed E-state index contributed by atoms with van der Waals surface area (Å²) in [5.41, 5.74) is -3.02. The minimum Gasteiger partial charge on any atom is -0.458 e. The van der Waals surface area contributed by atoms with Crippen LogP contribution in [0.4, 0.5) is 0 Å². The van der Waals surface area contributed by atoms with Gasteiger partial charge in [-0.25, -0.2) is 4.79 Å². The van der Waals surface area contributed by atoms with E-state index in [1.165, 1.54) is 7.11 Å². The molecule has 0 aromatic rings. The third kappa shape index (κ3) is 3.80. The van der Waals surface area contributed by atoms with Crippen LogP contribution in [-0.4, -0.2) is 87.6 Å². The predicted molar refractivity (Wildman–Crippen MR) is 135 cm³/mol. The van der Waals surface area contributed by atoms with Crippen molar-refractivity contribution in [2.45, 2.75) is 126 Å². The SMILES string of the molecule is COC1C(O)CC(C)OC1OC1CCC2(O)C3CCC4(C)C(C5=CC(=O)OC5)CCC4(O)C3CCC2(O)C1. The van der Waals surface area contributed by atoms with Crippen molar-refractivity contribution >= 4 is 5.97 Å². The van der Waals surface area contributed by atoms with Crippen LogP contribution >= 0.6 is 0 Å². The van der Waals surface area contributed by atoms with Gasteiger partial charge < -0.3 is 39.4 Å². The van der Waals surface area contributed by atoms with Crippen LogP contribution in [0.25, 0.3) is 0 Å². The maximum absolute atomic E-state index is 12.3. The van der Waals surface area contributed by atoms with Crippen LogP contribution in [0.2, 0.25) is 0 Å². The molecule has 0 spiro atoms. The zero-order valence-electron chi connectivity index (χ0n) is 22.8. The van der Waals surface area contributed by atoms with Crippen molar-refractivity contribution in [1.82, 2.24) is 0 Å². The molecule has 4 N–H and O–H groups in total. The number of fused-ring (bicyclic) bond motifs is 5. The maximum Gasteiger partial charge on any atom is 0.331 e. The molecule has 9 heteroatoms. The molecule has 0 radical (unpaired) electrons. The van der Waals surface area contributed by atoms with Gasteiger partial charge in [0.1, 0.15) is 12.7 Å². The lowest BCUT2D eigenvalue weighted by Crippen LogP contribution is -2.72. The Labute approximate surface area is 224 Å². The number of hydrogen-bond acceptors (Lipinski definition) is 9. The number of ether oxygens (including phenoxy) is 4. The fourth-order valence-electron chi connectivity index (χ4n) is 9.67. The minimum absolute atomic E-state index is 0.0847. The molecule has 9 nitrogen and oxygen atoms in total. The van der Waals surface area contributed by atoms with Crippen LogP contribution in [0, 0.1) is 23.2 Å². The van der Waals surface area contributed by atoms with Gasteiger partial charge in [-0.3, -0.25) is 0 Å². The second-order valence-electron chi connectivity index (χ2n) is 13.3. The first kappa shape index (κ1) is 27.1. The molecule has 0 amide bonds. The van der Waals surface area contributed by atoms with Gasteiger partial charge in [0, 0.05) is 31.4 Å². The highest BCUT2D eigenvalue weighted by Crippen LogP contribution is 2.68. The van der Waals surface area contributed by atoms with Crippen molar-refractivity contribution in [3.8, 4) is 0 Å². The first-order chi connectivity index (χ1) is 17.9. The van der Waals surface area contributed by atoms with Crippen molar-refractivity contribution in [1.29, 1.82) is 0 Å². The molecule has 6 aliphatic rings. The van der Waals surface area contributed by atoms with E-state index < -0.39 is 40.7 Å². The molecule has 4 saturated carbocycles. The maximum atomic E-state index is 12.3. The summed E-state index contributed by atoms with van der Waals surface area (Å²) in [5.74, 6) is -0.554. The van der Waals surface area contributed by atoms with Crippen LogP contribution < -0.4 is 0 Å². The minimum atomic E-state index is -1.32. The van der Waals surface area contributed by atoms with Gasteiger partial charge in [0.2, 0.25) is 0 Å². The van der Waals surface area contributed by atoms with Gasteiger partial charge in [-0.15, -0.1) is 0 Å². The van der Waals surface area contributed by atoms with Crippen molar-refractivity contribution in [2.24, 2.45) is 23.2 Å². The van der Waals surface area contributed by atoms with Crippen molar-refractivity contribution in [3.05, 3.63) is 11.6 Å². The van der Waals surface area contributed by atoms with E-state index in [-0.39, 0.29) is 42.4 Å². The fraction of sp³-hybridized carbons (Fsp3) is 0.897. The molecule has 6 rings (SSSR count). The van der Waals surface area contributed by atoms with Crippen LogP contribution in [-0.2, 0) is 23.7 Å². The number of aliphatic hydroxyl groups excluding tert-OH is 1. The molecule has 4 aliphatic carbocycles. The molecule has 1 saturated heterocycles. The van der Waals surface area contributed by atoms with Gasteiger partial charge >= 0.3 is 5.97 Å². The van der Waals surface area contributed by atoms with Gasteiger partial charge in [-0.2, -0.15) is 0 Å². The molecule has 214 valence electrons. The van der Waals surface area contributed by atoms with E-state index >= 15 is 0 Å². The lowest BCUT2D eigenvalue weighted by atomic mass is 9.45. The highest BCUT2D eigenvalue weighted by Gasteiger charge is 2.71. The van der Waals surface area contributed by atoms with E-state index in [0.29, 0.717) is 51.6 Å². The number of methoxy groups -OCH3 is 1. The molecule has 38 heavy (non-hydrogen) atoms. The fourth-order valence-corrected chi connectivity index (χ4v) is 9.67. The number of rotatable bonds is 4. The highest BCUT2D eigenvalue weighted by atomic mass is 16.7. The summed E-state index contributed by atoms with van der Waals surface area (Å²) in [6.07, 6.45) is 4.61. The van der Waals surface area contributed by atoms with E-state index in [2.05, 4.69) is 6.92 Å². The Hall–Kier alpha value is -1.07. The standard InChI is InChI=1S/C29H44O9/c1-16-12-22(30)24(35-3)25(37-16)38-18-4-10-29(34)21-5-8-26(2)19(17-13-23(31)36-15-17)7-11-28(26,33)20(21)6-9-27(29,32)14-18/h13,16,18-22,24-25,30,32-34H,4-12,14-15H2,1-3H3. The number of hydrogen-bond donors (Lipinski definition) is 4. The Bertz CT molecular complexity index is 985. The van der Waals surface area contributed by atoms with Gasteiger partial charge in [0.25, 0.3) is 0 Å². The summed E-state index contributed by atoms with van der Waals surface area (Å²) in [4.78, 5) is 11.8. The average molecular weight is 537 g/mol. The molecule has 0 aromatic heterocycles. The normalized spacial score (nSPS) is 54.5. The zero-order chi connectivity index (χ0) is 27.1. The summed E-state index contributed by atoms with van der Waals surface area (Å²) in [6.45, 7) is 4.34. The van der Waals surface area contributed by atoms with Crippen LogP contribution in [0.3, 0.4) is 0 Å². The molecule has 5 fully saturated rings. The largest absolute Gasteiger partial charge is 0.458 e. The quantitative estimate of drug-likeness (QED) is 0.314. The van der Waals surface area contributed by atoms with E-state index in [1.807, 2.05) is 6.92 Å². The van der Waals surface area contributed by atoms with Crippen LogP contribution in [0.5, 0.6) is 0 Å². The number of cyclic esters (lactones) is 1. The van der Waals surface area contributed by atoms with Gasteiger partial charge in [-0.05, 0) is 81.6 Å². The number of carbonyl (C=O) groups excluding carboxylic acids is 1. The van der Waals surface area contributed by atoms with Crippen molar-refractivity contribution in [3.63, 3.8) is 0 Å². The Kier molecular flexibility index (Phi) is 6.58. The molecular weight excluding hydrogens is 492 g/mol. The molecule has 0 aromatic carbocycles. The van der Waals surface area contributed by atoms with Crippen molar-refractivity contribution < 1.29 is 44.2 Å². The van der Waals surface area contributed by atoms with Crippen LogP contribution in [0.1, 0.15) is 78.1 Å². The van der Waals surface area contributed by atoms with E-state index in [9.17, 15) is 25.2 Å². The highest BCUT2D eigenvalue weighted by molar-refractivity contribution is 5.85. The predicted octanol–water partition coefficient (Wildman–Crippen LogP) is 1.98. The second kappa shape index (κ2) is 9.23. The third-order valence-corrected chi connectivity index (χ3v) is 11.7. The smallest absolute Gasteiger partial charge is 0.331 e. The number of aliphatic hydroxyl groups is 4. The molecule has 12 atom stereocenters. The molecule has 2 aliphatic heterocycles. The molecular formula is C29H44O9. The summed E-state index contributed by atoms with van der Waals surface area (Å²) in [6, 6.07) is 0. The lowest BCUT2D eigenvalue weighted by molar-refractivity contribution is -0.318. The summed E-state index contributed by atoms with van der Waals surface area (Å²) in [5, 5.41) is 46.9. The first-order valence-corrected chi connectivity index (χ1v) is 14.5. The first-order valence-electron chi connectivity index (χ1n) is 14.5. The van der Waals surface area contributed by atoms with Crippen molar-refractivity contribution in [2.75, 3.05) is 13.7 Å². The Morgan fingerprint density at radius 3 is 2.42 bits per heavy atom. The molecule has 0 bridgehead atoms. The van der Waals surface area contributed by atoms with Crippen LogP contribution in [0.15, 0.2) is 11.6 Å². The lowest BCUT2D eigenvalue weighted by Gasteiger charge is -2.65. The monoisotopic (exact) mass is 536 g/mol. The second-order valence-corrected chi connectivity index (χ2v) is 13.3.